The molecule has 2 N–H and O–H groups in total. The first-order valence-corrected chi connectivity index (χ1v) is 6.69. The molecule has 1 aliphatic rings. The van der Waals surface area contributed by atoms with Gasteiger partial charge in [0.2, 0.25) is 0 Å². The predicted octanol–water partition coefficient (Wildman–Crippen LogP) is 2.45. The number of nitrogens with one attached hydrogen (secondary N) is 1. The van der Waals surface area contributed by atoms with Gasteiger partial charge >= 0.3 is 0 Å². The number of phenolic OH excluding ortho intramolecular Hbond substituents is 1. The van der Waals surface area contributed by atoms with E-state index in [0.717, 1.165) is 17.2 Å². The molecule has 0 saturated carbocycles. The number of carbonyl (C=O) groups is 1. The highest BCUT2D eigenvalue weighted by atomic mass is 16.5. The summed E-state index contributed by atoms with van der Waals surface area (Å²) in [5, 5.41) is 14.8. The van der Waals surface area contributed by atoms with E-state index < -0.39 is 0 Å². The largest absolute Gasteiger partial charge is 0.507 e. The maximum absolute atomic E-state index is 12.3. The summed E-state index contributed by atoms with van der Waals surface area (Å²) in [6.07, 6.45) is 0.785. The SMILES string of the molecule is CC1(NC(=O)c2cc3ccccc3cc2O)CCOC1. The maximum atomic E-state index is 12.3. The molecule has 1 aliphatic heterocycles. The zero-order valence-electron chi connectivity index (χ0n) is 11.3. The summed E-state index contributed by atoms with van der Waals surface area (Å²) in [4.78, 5) is 12.3. The Morgan fingerprint density at radius 2 is 2.00 bits per heavy atom. The van der Waals surface area contributed by atoms with Gasteiger partial charge in [0, 0.05) is 6.61 Å². The minimum Gasteiger partial charge on any atom is -0.507 e. The first-order chi connectivity index (χ1) is 9.57. The number of phenols is 1. The van der Waals surface area contributed by atoms with E-state index >= 15 is 0 Å². The molecule has 2 aromatic carbocycles. The Morgan fingerprint density at radius 1 is 1.30 bits per heavy atom. The van der Waals surface area contributed by atoms with Gasteiger partial charge in [-0.3, -0.25) is 4.79 Å². The highest BCUT2D eigenvalue weighted by Crippen LogP contribution is 2.26. The van der Waals surface area contributed by atoms with Crippen molar-refractivity contribution in [3.8, 4) is 5.75 Å². The maximum Gasteiger partial charge on any atom is 0.255 e. The lowest BCUT2D eigenvalue weighted by Gasteiger charge is -2.23. The van der Waals surface area contributed by atoms with Crippen molar-refractivity contribution >= 4 is 16.7 Å². The van der Waals surface area contributed by atoms with Crippen LogP contribution in [0.4, 0.5) is 0 Å². The van der Waals surface area contributed by atoms with Crippen molar-refractivity contribution < 1.29 is 14.6 Å². The molecule has 4 heteroatoms. The van der Waals surface area contributed by atoms with Crippen molar-refractivity contribution in [3.63, 3.8) is 0 Å². The van der Waals surface area contributed by atoms with Gasteiger partial charge in [-0.25, -0.2) is 0 Å². The van der Waals surface area contributed by atoms with Crippen LogP contribution in [0.25, 0.3) is 10.8 Å². The van der Waals surface area contributed by atoms with Crippen molar-refractivity contribution in [3.05, 3.63) is 42.0 Å². The van der Waals surface area contributed by atoms with Gasteiger partial charge in [0.25, 0.3) is 5.91 Å². The molecule has 0 bridgehead atoms. The molecule has 1 atom stereocenters. The Hall–Kier alpha value is -2.07. The van der Waals surface area contributed by atoms with E-state index in [2.05, 4.69) is 5.32 Å². The lowest BCUT2D eigenvalue weighted by molar-refractivity contribution is 0.0887. The summed E-state index contributed by atoms with van der Waals surface area (Å²) in [6.45, 7) is 3.11. The summed E-state index contributed by atoms with van der Waals surface area (Å²) >= 11 is 0. The van der Waals surface area contributed by atoms with E-state index in [1.807, 2.05) is 31.2 Å². The number of ether oxygens (including phenoxy) is 1. The van der Waals surface area contributed by atoms with Crippen LogP contribution in [0.1, 0.15) is 23.7 Å². The molecule has 20 heavy (non-hydrogen) atoms. The average Bonchev–Trinajstić information content (AvgIpc) is 2.84. The van der Waals surface area contributed by atoms with Crippen LogP contribution in [-0.4, -0.2) is 29.8 Å². The summed E-state index contributed by atoms with van der Waals surface area (Å²) in [5.41, 5.74) is -0.0494. The highest BCUT2D eigenvalue weighted by Gasteiger charge is 2.32. The van der Waals surface area contributed by atoms with E-state index in [-0.39, 0.29) is 17.2 Å². The van der Waals surface area contributed by atoms with Crippen LogP contribution in [0, 0.1) is 0 Å². The van der Waals surface area contributed by atoms with Crippen LogP contribution >= 0.6 is 0 Å². The molecule has 0 aliphatic carbocycles. The number of benzene rings is 2. The summed E-state index contributed by atoms with van der Waals surface area (Å²) < 4.78 is 5.32. The first-order valence-electron chi connectivity index (χ1n) is 6.69. The average molecular weight is 271 g/mol. The monoisotopic (exact) mass is 271 g/mol. The second-order valence-electron chi connectivity index (χ2n) is 5.53. The first kappa shape index (κ1) is 12.9. The van der Waals surface area contributed by atoms with Gasteiger partial charge in [-0.15, -0.1) is 0 Å². The van der Waals surface area contributed by atoms with Crippen molar-refractivity contribution in [1.29, 1.82) is 0 Å². The second kappa shape index (κ2) is 4.80. The van der Waals surface area contributed by atoms with E-state index in [9.17, 15) is 9.90 Å². The summed E-state index contributed by atoms with van der Waals surface area (Å²) in [7, 11) is 0. The number of hydrogen-bond donors (Lipinski definition) is 2. The standard InChI is InChI=1S/C16H17NO3/c1-16(6-7-20-10-16)17-15(19)13-8-11-4-2-3-5-12(11)9-14(13)18/h2-5,8-9,18H,6-7,10H2,1H3,(H,17,19). The van der Waals surface area contributed by atoms with Crippen molar-refractivity contribution in [2.75, 3.05) is 13.2 Å². The molecule has 104 valence electrons. The fourth-order valence-corrected chi connectivity index (χ4v) is 2.52. The van der Waals surface area contributed by atoms with Gasteiger partial charge in [0.1, 0.15) is 5.75 Å². The Kier molecular flexibility index (Phi) is 3.10. The van der Waals surface area contributed by atoms with Crippen LogP contribution in [0.3, 0.4) is 0 Å². The molecule has 0 spiro atoms. The van der Waals surface area contributed by atoms with E-state index in [4.69, 9.17) is 4.74 Å². The smallest absolute Gasteiger partial charge is 0.255 e. The van der Waals surface area contributed by atoms with Gasteiger partial charge in [0.05, 0.1) is 17.7 Å². The lowest BCUT2D eigenvalue weighted by atomic mass is 10.00. The number of fused-ring (bicyclic) bond motifs is 1. The third kappa shape index (κ3) is 2.34. The van der Waals surface area contributed by atoms with Gasteiger partial charge in [-0.2, -0.15) is 0 Å². The third-order valence-corrected chi connectivity index (χ3v) is 3.74. The third-order valence-electron chi connectivity index (χ3n) is 3.74. The summed E-state index contributed by atoms with van der Waals surface area (Å²) in [6, 6.07) is 11.0. The number of carbonyl (C=O) groups excluding carboxylic acids is 1. The lowest BCUT2D eigenvalue weighted by Crippen LogP contribution is -2.46. The van der Waals surface area contributed by atoms with Crippen LogP contribution in [0.5, 0.6) is 5.75 Å². The number of amides is 1. The Bertz CT molecular complexity index is 660. The molecule has 0 aromatic heterocycles. The fraction of sp³-hybridized carbons (Fsp3) is 0.312. The van der Waals surface area contributed by atoms with Crippen LogP contribution in [0.2, 0.25) is 0 Å². The molecular formula is C16H17NO3. The minimum atomic E-state index is -0.352. The minimum absolute atomic E-state index is 0.00344. The van der Waals surface area contributed by atoms with Crippen LogP contribution < -0.4 is 5.32 Å². The number of hydrogen-bond acceptors (Lipinski definition) is 3. The Labute approximate surface area is 117 Å². The van der Waals surface area contributed by atoms with Gasteiger partial charge in [-0.1, -0.05) is 24.3 Å². The predicted molar refractivity (Wildman–Crippen MR) is 76.9 cm³/mol. The van der Waals surface area contributed by atoms with Crippen molar-refractivity contribution in [2.45, 2.75) is 18.9 Å². The van der Waals surface area contributed by atoms with Crippen molar-refractivity contribution in [1.82, 2.24) is 5.32 Å². The molecule has 4 nitrogen and oxygen atoms in total. The van der Waals surface area contributed by atoms with Crippen LogP contribution in [-0.2, 0) is 4.74 Å². The van der Waals surface area contributed by atoms with Crippen molar-refractivity contribution in [2.24, 2.45) is 0 Å². The molecule has 1 amide bonds. The molecule has 1 saturated heterocycles. The van der Waals surface area contributed by atoms with Crippen LogP contribution in [0.15, 0.2) is 36.4 Å². The Balaban J connectivity index is 1.92. The van der Waals surface area contributed by atoms with E-state index in [1.54, 1.807) is 12.1 Å². The topological polar surface area (TPSA) is 58.6 Å². The molecule has 2 aromatic rings. The van der Waals surface area contributed by atoms with Gasteiger partial charge < -0.3 is 15.2 Å². The molecule has 1 unspecified atom stereocenters. The second-order valence-corrected chi connectivity index (χ2v) is 5.53. The normalized spacial score (nSPS) is 22.1. The summed E-state index contributed by atoms with van der Waals surface area (Å²) in [5.74, 6) is -0.259. The molecule has 1 heterocycles. The highest BCUT2D eigenvalue weighted by molar-refractivity contribution is 6.01. The van der Waals surface area contributed by atoms with Gasteiger partial charge in [-0.05, 0) is 36.2 Å². The molecule has 1 fully saturated rings. The number of rotatable bonds is 2. The van der Waals surface area contributed by atoms with Gasteiger partial charge in [0.15, 0.2) is 0 Å². The molecular weight excluding hydrogens is 254 g/mol. The zero-order chi connectivity index (χ0) is 14.2. The fourth-order valence-electron chi connectivity index (χ4n) is 2.52. The van der Waals surface area contributed by atoms with E-state index in [1.165, 1.54) is 0 Å². The molecule has 3 rings (SSSR count). The Morgan fingerprint density at radius 3 is 2.65 bits per heavy atom. The number of aromatic hydroxyl groups is 1. The van der Waals surface area contributed by atoms with E-state index in [0.29, 0.717) is 18.8 Å². The molecule has 0 radical (unpaired) electrons. The zero-order valence-corrected chi connectivity index (χ0v) is 11.3. The quantitative estimate of drug-likeness (QED) is 0.882.